The number of benzene rings is 2. The Kier molecular flexibility index (Phi) is 5.02. The van der Waals surface area contributed by atoms with Gasteiger partial charge < -0.3 is 14.6 Å². The van der Waals surface area contributed by atoms with Crippen LogP contribution in [0.1, 0.15) is 17.0 Å². The molecule has 0 spiro atoms. The maximum Gasteiger partial charge on any atom is 0.122 e. The van der Waals surface area contributed by atoms with Crippen molar-refractivity contribution in [2.24, 2.45) is 0 Å². The minimum Gasteiger partial charge on any atom is -0.497 e. The van der Waals surface area contributed by atoms with E-state index in [1.165, 1.54) is 0 Å². The van der Waals surface area contributed by atoms with Crippen LogP contribution >= 0.6 is 0 Å². The predicted molar refractivity (Wildman–Crippen MR) is 79.5 cm³/mol. The summed E-state index contributed by atoms with van der Waals surface area (Å²) in [6, 6.07) is 15.7. The first-order valence-electron chi connectivity index (χ1n) is 6.65. The van der Waals surface area contributed by atoms with Crippen LogP contribution in [0.5, 0.6) is 11.5 Å². The standard InChI is InChI=1S/C17H20O3/c1-19-15-9-7-13(8-10-15)11-14(12-18)16-5-3-4-6-17(16)20-2/h3-10,14,18H,11-12H2,1-2H3. The van der Waals surface area contributed by atoms with Crippen molar-refractivity contribution in [2.75, 3.05) is 20.8 Å². The van der Waals surface area contributed by atoms with E-state index in [0.29, 0.717) is 0 Å². The third kappa shape index (κ3) is 3.31. The Hall–Kier alpha value is -2.00. The molecular formula is C17H20O3. The van der Waals surface area contributed by atoms with Crippen LogP contribution in [0.2, 0.25) is 0 Å². The van der Waals surface area contributed by atoms with Gasteiger partial charge in [-0.1, -0.05) is 30.3 Å². The molecule has 0 aromatic heterocycles. The van der Waals surface area contributed by atoms with Crippen molar-refractivity contribution in [2.45, 2.75) is 12.3 Å². The molecule has 2 aromatic carbocycles. The number of para-hydroxylation sites is 1. The van der Waals surface area contributed by atoms with Crippen LogP contribution in [0.25, 0.3) is 0 Å². The first kappa shape index (κ1) is 14.4. The molecule has 1 unspecified atom stereocenters. The highest BCUT2D eigenvalue weighted by molar-refractivity contribution is 5.38. The Morgan fingerprint density at radius 3 is 2.25 bits per heavy atom. The van der Waals surface area contributed by atoms with E-state index in [4.69, 9.17) is 9.47 Å². The van der Waals surface area contributed by atoms with E-state index in [0.717, 1.165) is 29.0 Å². The van der Waals surface area contributed by atoms with Crippen LogP contribution in [-0.2, 0) is 6.42 Å². The Balaban J connectivity index is 2.19. The maximum absolute atomic E-state index is 9.68. The number of hydrogen-bond donors (Lipinski definition) is 1. The average molecular weight is 272 g/mol. The van der Waals surface area contributed by atoms with Crippen molar-refractivity contribution in [1.82, 2.24) is 0 Å². The van der Waals surface area contributed by atoms with Crippen molar-refractivity contribution in [3.63, 3.8) is 0 Å². The zero-order chi connectivity index (χ0) is 14.4. The lowest BCUT2D eigenvalue weighted by Crippen LogP contribution is -2.09. The molecule has 0 heterocycles. The average Bonchev–Trinajstić information content (AvgIpc) is 2.53. The minimum atomic E-state index is 0.0274. The van der Waals surface area contributed by atoms with Crippen LogP contribution in [0.3, 0.4) is 0 Å². The van der Waals surface area contributed by atoms with Crippen molar-refractivity contribution in [3.8, 4) is 11.5 Å². The first-order chi connectivity index (χ1) is 9.78. The number of ether oxygens (including phenoxy) is 2. The SMILES string of the molecule is COc1ccc(CC(CO)c2ccccc2OC)cc1. The predicted octanol–water partition coefficient (Wildman–Crippen LogP) is 3.02. The molecule has 1 N–H and O–H groups in total. The van der Waals surface area contributed by atoms with E-state index in [9.17, 15) is 5.11 Å². The lowest BCUT2D eigenvalue weighted by molar-refractivity contribution is 0.261. The normalized spacial score (nSPS) is 11.9. The molecule has 0 fully saturated rings. The molecule has 0 radical (unpaired) electrons. The van der Waals surface area contributed by atoms with Crippen molar-refractivity contribution >= 4 is 0 Å². The second kappa shape index (κ2) is 6.96. The highest BCUT2D eigenvalue weighted by Crippen LogP contribution is 2.29. The van der Waals surface area contributed by atoms with Crippen molar-refractivity contribution < 1.29 is 14.6 Å². The molecule has 3 nitrogen and oxygen atoms in total. The van der Waals surface area contributed by atoms with Crippen LogP contribution < -0.4 is 9.47 Å². The molecule has 20 heavy (non-hydrogen) atoms. The van der Waals surface area contributed by atoms with Crippen molar-refractivity contribution in [3.05, 3.63) is 59.7 Å². The largest absolute Gasteiger partial charge is 0.497 e. The molecule has 2 aromatic rings. The lowest BCUT2D eigenvalue weighted by Gasteiger charge is -2.18. The zero-order valence-electron chi connectivity index (χ0n) is 11.9. The first-order valence-corrected chi connectivity index (χ1v) is 6.65. The molecule has 2 rings (SSSR count). The van der Waals surface area contributed by atoms with Crippen LogP contribution in [-0.4, -0.2) is 25.9 Å². The van der Waals surface area contributed by atoms with Crippen LogP contribution in [0, 0.1) is 0 Å². The molecule has 0 bridgehead atoms. The lowest BCUT2D eigenvalue weighted by atomic mass is 9.92. The molecule has 0 saturated heterocycles. The number of hydrogen-bond acceptors (Lipinski definition) is 3. The highest BCUT2D eigenvalue weighted by atomic mass is 16.5. The van der Waals surface area contributed by atoms with Gasteiger partial charge >= 0.3 is 0 Å². The summed E-state index contributed by atoms with van der Waals surface area (Å²) >= 11 is 0. The number of aliphatic hydroxyl groups is 1. The summed E-state index contributed by atoms with van der Waals surface area (Å²) in [5, 5.41) is 9.68. The quantitative estimate of drug-likeness (QED) is 0.878. The fourth-order valence-corrected chi connectivity index (χ4v) is 2.32. The van der Waals surface area contributed by atoms with E-state index < -0.39 is 0 Å². The molecule has 0 saturated carbocycles. The Labute approximate surface area is 119 Å². The third-order valence-electron chi connectivity index (χ3n) is 3.44. The number of aliphatic hydroxyl groups excluding tert-OH is 1. The van der Waals surface area contributed by atoms with E-state index in [1.807, 2.05) is 48.5 Å². The van der Waals surface area contributed by atoms with E-state index in [1.54, 1.807) is 14.2 Å². The summed E-state index contributed by atoms with van der Waals surface area (Å²) < 4.78 is 10.5. The van der Waals surface area contributed by atoms with Gasteiger partial charge in [-0.2, -0.15) is 0 Å². The summed E-state index contributed by atoms with van der Waals surface area (Å²) in [6.45, 7) is 0.0897. The molecule has 0 amide bonds. The summed E-state index contributed by atoms with van der Waals surface area (Å²) in [5.74, 6) is 1.69. The molecule has 0 aliphatic rings. The number of rotatable bonds is 6. The maximum atomic E-state index is 9.68. The summed E-state index contributed by atoms with van der Waals surface area (Å²) in [4.78, 5) is 0. The van der Waals surface area contributed by atoms with E-state index >= 15 is 0 Å². The van der Waals surface area contributed by atoms with Gasteiger partial charge in [0, 0.05) is 5.92 Å². The fourth-order valence-electron chi connectivity index (χ4n) is 2.32. The van der Waals surface area contributed by atoms with Gasteiger partial charge in [0.15, 0.2) is 0 Å². The molecule has 0 aliphatic carbocycles. The van der Waals surface area contributed by atoms with Crippen molar-refractivity contribution in [1.29, 1.82) is 0 Å². The van der Waals surface area contributed by atoms with Crippen LogP contribution in [0.4, 0.5) is 0 Å². The molecule has 3 heteroatoms. The molecule has 106 valence electrons. The monoisotopic (exact) mass is 272 g/mol. The van der Waals surface area contributed by atoms with E-state index in [-0.39, 0.29) is 12.5 Å². The van der Waals surface area contributed by atoms with Gasteiger partial charge in [-0.05, 0) is 35.7 Å². The van der Waals surface area contributed by atoms with Crippen LogP contribution in [0.15, 0.2) is 48.5 Å². The van der Waals surface area contributed by atoms with Gasteiger partial charge in [0.1, 0.15) is 11.5 Å². The fraction of sp³-hybridized carbons (Fsp3) is 0.294. The summed E-state index contributed by atoms with van der Waals surface area (Å²) in [6.07, 6.45) is 0.765. The Morgan fingerprint density at radius 1 is 0.950 bits per heavy atom. The van der Waals surface area contributed by atoms with Gasteiger partial charge in [0.2, 0.25) is 0 Å². The van der Waals surface area contributed by atoms with E-state index in [2.05, 4.69) is 0 Å². The van der Waals surface area contributed by atoms with Gasteiger partial charge in [-0.15, -0.1) is 0 Å². The van der Waals surface area contributed by atoms with Gasteiger partial charge in [0.25, 0.3) is 0 Å². The minimum absolute atomic E-state index is 0.0274. The second-order valence-corrected chi connectivity index (χ2v) is 4.67. The zero-order valence-corrected chi connectivity index (χ0v) is 11.9. The highest BCUT2D eigenvalue weighted by Gasteiger charge is 2.15. The smallest absolute Gasteiger partial charge is 0.122 e. The molecule has 1 atom stereocenters. The third-order valence-corrected chi connectivity index (χ3v) is 3.44. The second-order valence-electron chi connectivity index (χ2n) is 4.67. The molecule has 0 aliphatic heterocycles. The summed E-state index contributed by atoms with van der Waals surface area (Å²) in [7, 11) is 3.31. The van der Waals surface area contributed by atoms with Gasteiger partial charge in [0.05, 0.1) is 20.8 Å². The topological polar surface area (TPSA) is 38.7 Å². The Morgan fingerprint density at radius 2 is 1.65 bits per heavy atom. The van der Waals surface area contributed by atoms with Gasteiger partial charge in [-0.3, -0.25) is 0 Å². The molecular weight excluding hydrogens is 252 g/mol. The number of methoxy groups -OCH3 is 2. The Bertz CT molecular complexity index is 534. The summed E-state index contributed by atoms with van der Waals surface area (Å²) in [5.41, 5.74) is 2.20. The van der Waals surface area contributed by atoms with Gasteiger partial charge in [-0.25, -0.2) is 0 Å².